The molecule has 0 unspecified atom stereocenters. The van der Waals surface area contributed by atoms with Gasteiger partial charge in [0.25, 0.3) is 5.91 Å². The molecule has 9 nitrogen and oxygen atoms in total. The minimum atomic E-state index is 0.0420. The van der Waals surface area contributed by atoms with E-state index in [2.05, 4.69) is 20.4 Å². The number of ether oxygens (including phenoxy) is 2. The largest absolute Gasteiger partial charge is 0.497 e. The zero-order chi connectivity index (χ0) is 20.9. The fraction of sp³-hybridized carbons (Fsp3) is 0.333. The standard InChI is InChI=1S/C21H24N6O3/c1-29-18-7-3-16(4-8-18)21(28)26-13-11-25(12-14-26)15-20-22-23-24-27(20)17-5-9-19(30-2)10-6-17/h3-10H,11-15H2,1-2H3. The minimum absolute atomic E-state index is 0.0420. The third-order valence-corrected chi connectivity index (χ3v) is 5.21. The normalized spacial score (nSPS) is 14.5. The predicted molar refractivity (Wildman–Crippen MR) is 110 cm³/mol. The summed E-state index contributed by atoms with van der Waals surface area (Å²) in [6.07, 6.45) is 0. The number of piperazine rings is 1. The molecule has 4 rings (SSSR count). The van der Waals surface area contributed by atoms with E-state index in [1.807, 2.05) is 41.3 Å². The Balaban J connectivity index is 1.36. The lowest BCUT2D eigenvalue weighted by Crippen LogP contribution is -2.48. The predicted octanol–water partition coefficient (Wildman–Crippen LogP) is 1.64. The van der Waals surface area contributed by atoms with Gasteiger partial charge in [0.2, 0.25) is 0 Å². The molecule has 0 aliphatic carbocycles. The molecule has 0 saturated carbocycles. The number of carbonyl (C=O) groups is 1. The van der Waals surface area contributed by atoms with Crippen LogP contribution in [0.2, 0.25) is 0 Å². The van der Waals surface area contributed by atoms with Gasteiger partial charge in [-0.2, -0.15) is 4.68 Å². The van der Waals surface area contributed by atoms with Crippen molar-refractivity contribution >= 4 is 5.91 Å². The molecule has 2 aromatic carbocycles. The summed E-state index contributed by atoms with van der Waals surface area (Å²) in [6.45, 7) is 3.46. The molecular weight excluding hydrogens is 384 g/mol. The van der Waals surface area contributed by atoms with Crippen LogP contribution in [0, 0.1) is 0 Å². The fourth-order valence-corrected chi connectivity index (χ4v) is 3.45. The van der Waals surface area contributed by atoms with Crippen molar-refractivity contribution in [2.75, 3.05) is 40.4 Å². The van der Waals surface area contributed by atoms with Crippen molar-refractivity contribution in [3.05, 3.63) is 59.9 Å². The summed E-state index contributed by atoms with van der Waals surface area (Å²) in [5.74, 6) is 2.33. The van der Waals surface area contributed by atoms with Gasteiger partial charge in [-0.05, 0) is 59.0 Å². The first-order chi connectivity index (χ1) is 14.7. The molecule has 3 aromatic rings. The maximum absolute atomic E-state index is 12.7. The molecule has 1 amide bonds. The van der Waals surface area contributed by atoms with E-state index >= 15 is 0 Å². The summed E-state index contributed by atoms with van der Waals surface area (Å²) < 4.78 is 12.1. The zero-order valence-corrected chi connectivity index (χ0v) is 17.1. The van der Waals surface area contributed by atoms with Crippen LogP contribution in [-0.2, 0) is 6.54 Å². The maximum Gasteiger partial charge on any atom is 0.253 e. The number of amides is 1. The molecule has 2 heterocycles. The molecule has 0 atom stereocenters. The van der Waals surface area contributed by atoms with Gasteiger partial charge in [0.05, 0.1) is 26.5 Å². The third-order valence-electron chi connectivity index (χ3n) is 5.21. The van der Waals surface area contributed by atoms with Gasteiger partial charge in [-0.15, -0.1) is 5.10 Å². The van der Waals surface area contributed by atoms with E-state index in [0.717, 1.165) is 36.1 Å². The molecule has 156 valence electrons. The van der Waals surface area contributed by atoms with Crippen molar-refractivity contribution in [3.63, 3.8) is 0 Å². The summed E-state index contributed by atoms with van der Waals surface area (Å²) in [5, 5.41) is 12.1. The Bertz CT molecular complexity index is 979. The molecule has 0 N–H and O–H groups in total. The minimum Gasteiger partial charge on any atom is -0.497 e. The number of tetrazole rings is 1. The van der Waals surface area contributed by atoms with Gasteiger partial charge in [-0.1, -0.05) is 0 Å². The lowest BCUT2D eigenvalue weighted by molar-refractivity contribution is 0.0624. The molecule has 0 radical (unpaired) electrons. The molecule has 1 aromatic heterocycles. The van der Waals surface area contributed by atoms with Crippen molar-refractivity contribution in [3.8, 4) is 17.2 Å². The number of rotatable bonds is 6. The van der Waals surface area contributed by atoms with Gasteiger partial charge in [-0.3, -0.25) is 9.69 Å². The van der Waals surface area contributed by atoms with E-state index in [9.17, 15) is 4.79 Å². The summed E-state index contributed by atoms with van der Waals surface area (Å²) in [5.41, 5.74) is 1.55. The summed E-state index contributed by atoms with van der Waals surface area (Å²) >= 11 is 0. The Kier molecular flexibility index (Phi) is 5.89. The Morgan fingerprint density at radius 3 is 2.10 bits per heavy atom. The molecule has 0 bridgehead atoms. The molecule has 1 saturated heterocycles. The van der Waals surface area contributed by atoms with Crippen LogP contribution < -0.4 is 9.47 Å². The lowest BCUT2D eigenvalue weighted by Gasteiger charge is -2.34. The second kappa shape index (κ2) is 8.91. The van der Waals surface area contributed by atoms with Crippen molar-refractivity contribution in [2.24, 2.45) is 0 Å². The second-order valence-electron chi connectivity index (χ2n) is 7.00. The van der Waals surface area contributed by atoms with E-state index in [4.69, 9.17) is 9.47 Å². The Morgan fingerprint density at radius 1 is 0.900 bits per heavy atom. The van der Waals surface area contributed by atoms with Crippen LogP contribution >= 0.6 is 0 Å². The third kappa shape index (κ3) is 4.25. The van der Waals surface area contributed by atoms with E-state index in [-0.39, 0.29) is 5.91 Å². The van der Waals surface area contributed by atoms with Crippen LogP contribution in [0.25, 0.3) is 5.69 Å². The molecule has 30 heavy (non-hydrogen) atoms. The first-order valence-electron chi connectivity index (χ1n) is 9.75. The number of hydrogen-bond acceptors (Lipinski definition) is 7. The highest BCUT2D eigenvalue weighted by atomic mass is 16.5. The van der Waals surface area contributed by atoms with Crippen molar-refractivity contribution in [1.82, 2.24) is 30.0 Å². The highest BCUT2D eigenvalue weighted by molar-refractivity contribution is 5.94. The van der Waals surface area contributed by atoms with Gasteiger partial charge in [0, 0.05) is 31.7 Å². The SMILES string of the molecule is COc1ccc(C(=O)N2CCN(Cc3nnnn3-c3ccc(OC)cc3)CC2)cc1. The van der Waals surface area contributed by atoms with Gasteiger partial charge in [-0.25, -0.2) is 0 Å². The number of nitrogens with zero attached hydrogens (tertiary/aromatic N) is 6. The number of carbonyl (C=O) groups excluding carboxylic acids is 1. The van der Waals surface area contributed by atoms with Gasteiger partial charge < -0.3 is 14.4 Å². The van der Waals surface area contributed by atoms with Gasteiger partial charge in [0.15, 0.2) is 5.82 Å². The van der Waals surface area contributed by atoms with Crippen LogP contribution in [0.3, 0.4) is 0 Å². The number of benzene rings is 2. The van der Waals surface area contributed by atoms with Crippen LogP contribution in [0.15, 0.2) is 48.5 Å². The summed E-state index contributed by atoms with van der Waals surface area (Å²) in [6, 6.07) is 14.8. The van der Waals surface area contributed by atoms with E-state index in [1.54, 1.807) is 31.0 Å². The second-order valence-corrected chi connectivity index (χ2v) is 7.00. The van der Waals surface area contributed by atoms with Gasteiger partial charge in [0.1, 0.15) is 11.5 Å². The number of hydrogen-bond donors (Lipinski definition) is 0. The molecule has 1 aliphatic rings. The van der Waals surface area contributed by atoms with E-state index in [0.29, 0.717) is 25.2 Å². The Hall–Kier alpha value is -3.46. The topological polar surface area (TPSA) is 85.6 Å². The monoisotopic (exact) mass is 408 g/mol. The lowest BCUT2D eigenvalue weighted by atomic mass is 10.1. The van der Waals surface area contributed by atoms with Crippen LogP contribution in [0.1, 0.15) is 16.2 Å². The molecule has 1 aliphatic heterocycles. The smallest absolute Gasteiger partial charge is 0.253 e. The van der Waals surface area contributed by atoms with Crippen molar-refractivity contribution < 1.29 is 14.3 Å². The van der Waals surface area contributed by atoms with Crippen LogP contribution in [0.5, 0.6) is 11.5 Å². The molecule has 0 spiro atoms. The average Bonchev–Trinajstić information content (AvgIpc) is 3.27. The molecule has 9 heteroatoms. The van der Waals surface area contributed by atoms with Gasteiger partial charge >= 0.3 is 0 Å². The maximum atomic E-state index is 12.7. The van der Waals surface area contributed by atoms with Crippen molar-refractivity contribution in [1.29, 1.82) is 0 Å². The van der Waals surface area contributed by atoms with Crippen molar-refractivity contribution in [2.45, 2.75) is 6.54 Å². The highest BCUT2D eigenvalue weighted by Gasteiger charge is 2.23. The molecule has 1 fully saturated rings. The average molecular weight is 408 g/mol. The molecular formula is C21H24N6O3. The number of methoxy groups -OCH3 is 2. The zero-order valence-electron chi connectivity index (χ0n) is 17.1. The van der Waals surface area contributed by atoms with E-state index in [1.165, 1.54) is 0 Å². The van der Waals surface area contributed by atoms with Crippen LogP contribution in [-0.4, -0.2) is 76.3 Å². The Labute approximate surface area is 174 Å². The quantitative estimate of drug-likeness (QED) is 0.613. The Morgan fingerprint density at radius 2 is 1.50 bits per heavy atom. The summed E-state index contributed by atoms with van der Waals surface area (Å²) in [4.78, 5) is 16.9. The summed E-state index contributed by atoms with van der Waals surface area (Å²) in [7, 11) is 3.25. The van der Waals surface area contributed by atoms with Crippen LogP contribution in [0.4, 0.5) is 0 Å². The fourth-order valence-electron chi connectivity index (χ4n) is 3.45. The number of aromatic nitrogens is 4. The first-order valence-corrected chi connectivity index (χ1v) is 9.75. The first kappa shape index (κ1) is 19.8. The van der Waals surface area contributed by atoms with E-state index < -0.39 is 0 Å². The highest BCUT2D eigenvalue weighted by Crippen LogP contribution is 2.17.